The van der Waals surface area contributed by atoms with E-state index in [0.29, 0.717) is 34.4 Å². The van der Waals surface area contributed by atoms with Crippen molar-refractivity contribution in [3.05, 3.63) is 28.2 Å². The number of rotatable bonds is 9. The lowest BCUT2D eigenvalue weighted by molar-refractivity contribution is -0.240. The van der Waals surface area contributed by atoms with Crippen LogP contribution in [0.1, 0.15) is 24.7 Å². The van der Waals surface area contributed by atoms with Gasteiger partial charge in [-0.2, -0.15) is 0 Å². The van der Waals surface area contributed by atoms with E-state index in [1.165, 1.54) is 0 Å². The van der Waals surface area contributed by atoms with Gasteiger partial charge in [0.15, 0.2) is 0 Å². The standard InChI is InChI=1S/C11H20N4O7P2S/c1-7(13-5-9-6-14-8(2)15-11(9)12)10(25)3-4-21-24(19,20)22-23(16,17)18/h6,13,25H,3-5H2,1-2H3,(H,19,20)(H2,12,14,15)(H2,16,17,18)/p-2/b10-7-. The number of anilines is 1. The lowest BCUT2D eigenvalue weighted by Gasteiger charge is -2.27. The minimum atomic E-state index is -5.44. The molecule has 1 heterocycles. The molecule has 11 nitrogen and oxygen atoms in total. The van der Waals surface area contributed by atoms with Crippen molar-refractivity contribution in [3.63, 3.8) is 0 Å². The predicted molar refractivity (Wildman–Crippen MR) is 88.8 cm³/mol. The van der Waals surface area contributed by atoms with Gasteiger partial charge in [0.2, 0.25) is 0 Å². The van der Waals surface area contributed by atoms with Crippen LogP contribution in [0.25, 0.3) is 0 Å². The van der Waals surface area contributed by atoms with Gasteiger partial charge in [-0.25, -0.2) is 14.3 Å². The molecule has 0 saturated heterocycles. The van der Waals surface area contributed by atoms with E-state index in [1.54, 1.807) is 20.0 Å². The monoisotopic (exact) mass is 412 g/mol. The van der Waals surface area contributed by atoms with E-state index in [4.69, 9.17) is 10.6 Å². The average molecular weight is 412 g/mol. The second-order valence-electron chi connectivity index (χ2n) is 4.83. The second kappa shape index (κ2) is 9.11. The molecule has 1 aromatic rings. The third kappa shape index (κ3) is 8.80. The van der Waals surface area contributed by atoms with Crippen molar-refractivity contribution in [2.24, 2.45) is 0 Å². The minimum absolute atomic E-state index is 0.0476. The zero-order valence-corrected chi connectivity index (χ0v) is 16.1. The highest BCUT2D eigenvalue weighted by Gasteiger charge is 2.16. The number of phosphoric ester groups is 1. The molecular formula is C11H18N4O7P2S-2. The van der Waals surface area contributed by atoms with Gasteiger partial charge in [0, 0.05) is 35.3 Å². The van der Waals surface area contributed by atoms with Crippen molar-refractivity contribution in [2.45, 2.75) is 26.8 Å². The fourth-order valence-electron chi connectivity index (χ4n) is 1.57. The summed E-state index contributed by atoms with van der Waals surface area (Å²) in [6.07, 6.45) is 1.63. The topological polar surface area (TPSA) is 183 Å². The van der Waals surface area contributed by atoms with Crippen LogP contribution in [-0.2, 0) is 24.5 Å². The van der Waals surface area contributed by atoms with Gasteiger partial charge in [-0.05, 0) is 13.8 Å². The molecule has 0 radical (unpaired) electrons. The van der Waals surface area contributed by atoms with E-state index in [0.717, 1.165) is 0 Å². The van der Waals surface area contributed by atoms with Crippen LogP contribution < -0.4 is 20.8 Å². The molecule has 0 saturated carbocycles. The van der Waals surface area contributed by atoms with Crippen LogP contribution in [0.3, 0.4) is 0 Å². The molecule has 1 aromatic heterocycles. The molecule has 25 heavy (non-hydrogen) atoms. The van der Waals surface area contributed by atoms with Crippen LogP contribution in [0.2, 0.25) is 0 Å². The van der Waals surface area contributed by atoms with Crippen LogP contribution in [-0.4, -0.2) is 21.5 Å². The van der Waals surface area contributed by atoms with Gasteiger partial charge in [0.05, 0.1) is 6.61 Å². The van der Waals surface area contributed by atoms with Crippen molar-refractivity contribution in [1.82, 2.24) is 15.3 Å². The van der Waals surface area contributed by atoms with E-state index in [9.17, 15) is 18.9 Å². The fourth-order valence-corrected chi connectivity index (χ4v) is 3.25. The molecule has 0 fully saturated rings. The molecule has 0 aliphatic heterocycles. The molecule has 1 rings (SSSR count). The number of hydrogen-bond acceptors (Lipinski definition) is 11. The zero-order valence-electron chi connectivity index (χ0n) is 13.4. The Morgan fingerprint density at radius 3 is 2.68 bits per heavy atom. The molecule has 0 aliphatic rings. The van der Waals surface area contributed by atoms with E-state index in [1.807, 2.05) is 0 Å². The summed E-state index contributed by atoms with van der Waals surface area (Å²) in [5.41, 5.74) is 7.06. The molecule has 0 aromatic carbocycles. The maximum Gasteiger partial charge on any atom is 0.274 e. The van der Waals surface area contributed by atoms with Gasteiger partial charge in [-0.3, -0.25) is 9.13 Å². The quantitative estimate of drug-likeness (QED) is 0.315. The maximum absolute atomic E-state index is 11.1. The van der Waals surface area contributed by atoms with Gasteiger partial charge in [0.25, 0.3) is 15.6 Å². The third-order valence-corrected chi connectivity index (χ3v) is 5.47. The van der Waals surface area contributed by atoms with Crippen molar-refractivity contribution in [1.29, 1.82) is 0 Å². The largest absolute Gasteiger partial charge is 0.756 e. The van der Waals surface area contributed by atoms with Crippen molar-refractivity contribution in [3.8, 4) is 0 Å². The highest BCUT2D eigenvalue weighted by atomic mass is 32.1. The molecule has 0 aliphatic carbocycles. The Morgan fingerprint density at radius 2 is 2.12 bits per heavy atom. The number of allylic oxidation sites excluding steroid dienone is 1. The summed E-state index contributed by atoms with van der Waals surface area (Å²) in [6, 6.07) is 0. The first-order valence-corrected chi connectivity index (χ1v) is 10.2. The van der Waals surface area contributed by atoms with Crippen LogP contribution in [0, 0.1) is 6.92 Å². The average Bonchev–Trinajstić information content (AvgIpc) is 2.43. The third-order valence-electron chi connectivity index (χ3n) is 2.79. The van der Waals surface area contributed by atoms with E-state index in [-0.39, 0.29) is 6.42 Å². The lowest BCUT2D eigenvalue weighted by atomic mass is 10.3. The number of nitrogens with zero attached hydrogens (tertiary/aromatic N) is 2. The van der Waals surface area contributed by atoms with Crippen LogP contribution in [0.15, 0.2) is 16.8 Å². The van der Waals surface area contributed by atoms with Crippen molar-refractivity contribution in [2.75, 3.05) is 12.3 Å². The Hall–Kier alpha value is -0.970. The van der Waals surface area contributed by atoms with Gasteiger partial charge >= 0.3 is 0 Å². The summed E-state index contributed by atoms with van der Waals surface area (Å²) in [7, 11) is -10.6. The Balaban J connectivity index is 2.53. The summed E-state index contributed by atoms with van der Waals surface area (Å²) >= 11 is 4.21. The van der Waals surface area contributed by atoms with E-state index >= 15 is 0 Å². The van der Waals surface area contributed by atoms with Crippen LogP contribution >= 0.6 is 28.3 Å². The normalized spacial score (nSPS) is 17.4. The Bertz CT molecular complexity index is 739. The first-order valence-electron chi connectivity index (χ1n) is 6.81. The SMILES string of the molecule is C/C(NCc1cnc(C)nc1N)=C(/S)CCOP(=O)([O-])OP(=O)([O-])O. The first-order chi connectivity index (χ1) is 11.4. The van der Waals surface area contributed by atoms with Crippen molar-refractivity contribution < 1.29 is 32.6 Å². The first kappa shape index (κ1) is 22.1. The zero-order chi connectivity index (χ0) is 19.3. The van der Waals surface area contributed by atoms with Gasteiger partial charge in [-0.1, -0.05) is 0 Å². The van der Waals surface area contributed by atoms with E-state index in [2.05, 4.69) is 36.7 Å². The summed E-state index contributed by atoms with van der Waals surface area (Å²) in [5.74, 6) is 0.891. The highest BCUT2D eigenvalue weighted by molar-refractivity contribution is 7.84. The summed E-state index contributed by atoms with van der Waals surface area (Å²) in [5, 5.41) is 3.02. The number of hydrogen-bond donors (Lipinski definition) is 4. The van der Waals surface area contributed by atoms with E-state index < -0.39 is 22.3 Å². The van der Waals surface area contributed by atoms with Crippen molar-refractivity contribution >= 4 is 34.1 Å². The van der Waals surface area contributed by atoms with Gasteiger partial charge in [0.1, 0.15) is 11.6 Å². The molecular weight excluding hydrogens is 394 g/mol. The minimum Gasteiger partial charge on any atom is -0.756 e. The molecule has 0 amide bonds. The second-order valence-corrected chi connectivity index (χ2v) is 8.12. The molecule has 142 valence electrons. The maximum atomic E-state index is 11.1. The fraction of sp³-hybridized carbons (Fsp3) is 0.455. The lowest BCUT2D eigenvalue weighted by Crippen LogP contribution is -2.15. The Labute approximate surface area is 149 Å². The van der Waals surface area contributed by atoms with Gasteiger partial charge in [-0.15, -0.1) is 12.6 Å². The number of aromatic nitrogens is 2. The number of nitrogens with two attached hydrogens (primary N) is 1. The predicted octanol–water partition coefficient (Wildman–Crippen LogP) is -0.0295. The summed E-state index contributed by atoms with van der Waals surface area (Å²) < 4.78 is 29.3. The molecule has 14 heteroatoms. The van der Waals surface area contributed by atoms with Crippen LogP contribution in [0.4, 0.5) is 5.82 Å². The Kier molecular flexibility index (Phi) is 8.04. The summed E-state index contributed by atoms with van der Waals surface area (Å²) in [6.45, 7) is 3.32. The van der Waals surface area contributed by atoms with Crippen LogP contribution in [0.5, 0.6) is 0 Å². The smallest absolute Gasteiger partial charge is 0.274 e. The Morgan fingerprint density at radius 1 is 1.48 bits per heavy atom. The number of nitrogens with one attached hydrogen (secondary N) is 1. The number of thiol groups is 1. The molecule has 2 unspecified atom stereocenters. The molecule has 0 spiro atoms. The number of nitrogen functional groups attached to an aromatic ring is 1. The summed E-state index contributed by atoms with van der Waals surface area (Å²) in [4.78, 5) is 38.4. The number of phosphoric acid groups is 2. The highest BCUT2D eigenvalue weighted by Crippen LogP contribution is 2.52. The molecule has 4 N–H and O–H groups in total. The van der Waals surface area contributed by atoms with Gasteiger partial charge < -0.3 is 30.3 Å². The molecule has 0 bridgehead atoms. The number of aryl methyl sites for hydroxylation is 1. The molecule has 2 atom stereocenters.